The summed E-state index contributed by atoms with van der Waals surface area (Å²) in [7, 11) is 0. The topological polar surface area (TPSA) is 77.1 Å². The fraction of sp³-hybridized carbons (Fsp3) is 0.368. The van der Waals surface area contributed by atoms with Crippen LogP contribution < -0.4 is 0 Å². The molecule has 0 fully saturated rings. The Morgan fingerprint density at radius 2 is 1.90 bits per heavy atom. The second kappa shape index (κ2) is 7.02. The lowest BCUT2D eigenvalue weighted by Crippen LogP contribution is -2.43. The highest BCUT2D eigenvalue weighted by Crippen LogP contribution is 2.36. The molecule has 3 heterocycles. The van der Waals surface area contributed by atoms with Gasteiger partial charge in [-0.25, -0.2) is 0 Å². The molecule has 2 aromatic heterocycles. The predicted molar refractivity (Wildman–Crippen MR) is 94.9 cm³/mol. The number of hydrogen-bond acceptors (Lipinski definition) is 5. The molecule has 4 rings (SSSR count). The van der Waals surface area contributed by atoms with Crippen LogP contribution in [0.25, 0.3) is 0 Å². The van der Waals surface area contributed by atoms with E-state index in [4.69, 9.17) is 4.52 Å². The number of carbonyl (C=O) groups excluding carboxylic acids is 1. The van der Waals surface area contributed by atoms with E-state index in [1.807, 2.05) is 13.8 Å². The van der Waals surface area contributed by atoms with Crippen molar-refractivity contribution < 1.29 is 22.5 Å². The molecule has 1 aliphatic rings. The lowest BCUT2D eigenvalue weighted by molar-refractivity contribution is -0.148. The van der Waals surface area contributed by atoms with Crippen LogP contribution in [0.4, 0.5) is 13.2 Å². The molecule has 0 saturated carbocycles. The molecular formula is C19H18F3N5O2. The largest absolute Gasteiger partial charge is 0.451 e. The number of amides is 1. The van der Waals surface area contributed by atoms with Gasteiger partial charge in [0.25, 0.3) is 5.91 Å². The highest BCUT2D eigenvalue weighted by molar-refractivity contribution is 5.93. The number of benzene rings is 1. The Morgan fingerprint density at radius 3 is 2.52 bits per heavy atom. The van der Waals surface area contributed by atoms with Crippen molar-refractivity contribution in [3.05, 3.63) is 65.1 Å². The van der Waals surface area contributed by atoms with Gasteiger partial charge in [-0.3, -0.25) is 4.79 Å². The summed E-state index contributed by atoms with van der Waals surface area (Å²) >= 11 is 0. The maximum Gasteiger partial charge on any atom is 0.451 e. The average molecular weight is 405 g/mol. The van der Waals surface area contributed by atoms with Crippen molar-refractivity contribution in [1.29, 1.82) is 0 Å². The van der Waals surface area contributed by atoms with Gasteiger partial charge >= 0.3 is 6.18 Å². The first-order valence-corrected chi connectivity index (χ1v) is 9.10. The molecule has 1 amide bonds. The first-order valence-electron chi connectivity index (χ1n) is 9.10. The normalized spacial score (nSPS) is 16.9. The van der Waals surface area contributed by atoms with E-state index in [0.717, 1.165) is 4.57 Å². The molecule has 29 heavy (non-hydrogen) atoms. The molecule has 1 unspecified atom stereocenters. The molecule has 3 aromatic rings. The molecule has 0 spiro atoms. The maximum atomic E-state index is 13.3. The van der Waals surface area contributed by atoms with Crippen LogP contribution in [-0.2, 0) is 12.7 Å². The maximum absolute atomic E-state index is 13.3. The summed E-state index contributed by atoms with van der Waals surface area (Å²) < 4.78 is 46.2. The number of carbonyl (C=O) groups is 1. The Bertz CT molecular complexity index is 1030. The summed E-state index contributed by atoms with van der Waals surface area (Å²) in [6.07, 6.45) is -4.63. The van der Waals surface area contributed by atoms with Crippen LogP contribution in [0, 0.1) is 0 Å². The fourth-order valence-corrected chi connectivity index (χ4v) is 3.42. The molecule has 10 heteroatoms. The summed E-state index contributed by atoms with van der Waals surface area (Å²) in [6, 6.07) is 9.53. The van der Waals surface area contributed by atoms with Crippen LogP contribution in [0.15, 0.2) is 40.9 Å². The van der Waals surface area contributed by atoms with Crippen LogP contribution in [0.3, 0.4) is 0 Å². The Hall–Kier alpha value is -3.17. The molecule has 1 atom stereocenters. The van der Waals surface area contributed by atoms with Crippen molar-refractivity contribution in [2.24, 2.45) is 0 Å². The standard InChI is InChI=1S/C19H18F3N5O2/c1-11(2)14-10-13(25-29-14)17(28)26-8-9-27-16(23-24-18(27)19(20,21)22)15(26)12-6-4-3-5-7-12/h3-7,10-11,15H,8-9H2,1-2H3. The molecule has 0 N–H and O–H groups in total. The zero-order valence-electron chi connectivity index (χ0n) is 15.7. The molecule has 152 valence electrons. The third-order valence-corrected chi connectivity index (χ3v) is 4.85. The molecule has 0 radical (unpaired) electrons. The third kappa shape index (κ3) is 3.39. The number of halogens is 3. The Kier molecular flexibility index (Phi) is 4.64. The third-order valence-electron chi connectivity index (χ3n) is 4.85. The predicted octanol–water partition coefficient (Wildman–Crippen LogP) is 3.65. The number of nitrogens with zero attached hydrogens (tertiary/aromatic N) is 5. The Labute approximate surface area is 164 Å². The first kappa shape index (κ1) is 19.2. The van der Waals surface area contributed by atoms with Gasteiger partial charge in [-0.15, -0.1) is 10.2 Å². The van der Waals surface area contributed by atoms with Gasteiger partial charge in [0.05, 0.1) is 0 Å². The summed E-state index contributed by atoms with van der Waals surface area (Å²) in [5.41, 5.74) is 0.745. The monoisotopic (exact) mass is 405 g/mol. The summed E-state index contributed by atoms with van der Waals surface area (Å²) in [6.45, 7) is 3.80. The quantitative estimate of drug-likeness (QED) is 0.665. The lowest BCUT2D eigenvalue weighted by atomic mass is 10.0. The molecular weight excluding hydrogens is 387 g/mol. The number of aromatic nitrogens is 4. The van der Waals surface area contributed by atoms with E-state index >= 15 is 0 Å². The van der Waals surface area contributed by atoms with E-state index in [1.165, 1.54) is 4.90 Å². The van der Waals surface area contributed by atoms with E-state index in [0.29, 0.717) is 11.3 Å². The van der Waals surface area contributed by atoms with Gasteiger partial charge in [0.1, 0.15) is 11.8 Å². The highest BCUT2D eigenvalue weighted by atomic mass is 19.4. The summed E-state index contributed by atoms with van der Waals surface area (Å²) in [4.78, 5) is 14.6. The second-order valence-electron chi connectivity index (χ2n) is 7.11. The van der Waals surface area contributed by atoms with Crippen LogP contribution >= 0.6 is 0 Å². The van der Waals surface area contributed by atoms with E-state index in [9.17, 15) is 18.0 Å². The second-order valence-corrected chi connectivity index (χ2v) is 7.11. The smallest absolute Gasteiger partial charge is 0.360 e. The van der Waals surface area contributed by atoms with Gasteiger partial charge in [0, 0.05) is 25.1 Å². The van der Waals surface area contributed by atoms with Gasteiger partial charge < -0.3 is 14.0 Å². The SMILES string of the molecule is CC(C)c1cc(C(=O)N2CCn3c(nnc3C(F)(F)F)C2c2ccccc2)no1. The fourth-order valence-electron chi connectivity index (χ4n) is 3.42. The van der Waals surface area contributed by atoms with E-state index in [-0.39, 0.29) is 30.5 Å². The highest BCUT2D eigenvalue weighted by Gasteiger charge is 2.43. The van der Waals surface area contributed by atoms with Crippen molar-refractivity contribution in [2.75, 3.05) is 6.54 Å². The van der Waals surface area contributed by atoms with Gasteiger partial charge in [-0.1, -0.05) is 49.3 Å². The Morgan fingerprint density at radius 1 is 1.17 bits per heavy atom. The average Bonchev–Trinajstić information content (AvgIpc) is 3.34. The van der Waals surface area contributed by atoms with Crippen molar-refractivity contribution >= 4 is 5.91 Å². The molecule has 1 aromatic carbocycles. The molecule has 0 bridgehead atoms. The number of fused-ring (bicyclic) bond motifs is 1. The van der Waals surface area contributed by atoms with Crippen LogP contribution in [0.1, 0.15) is 59.3 Å². The van der Waals surface area contributed by atoms with Gasteiger partial charge in [-0.05, 0) is 5.56 Å². The molecule has 0 saturated heterocycles. The number of alkyl halides is 3. The Balaban J connectivity index is 1.78. The van der Waals surface area contributed by atoms with Crippen molar-refractivity contribution in [2.45, 2.75) is 38.5 Å². The number of rotatable bonds is 3. The summed E-state index contributed by atoms with van der Waals surface area (Å²) in [5, 5.41) is 11.0. The van der Waals surface area contributed by atoms with Crippen LogP contribution in [-0.4, -0.2) is 37.3 Å². The molecule has 1 aliphatic heterocycles. The minimum Gasteiger partial charge on any atom is -0.360 e. The summed E-state index contributed by atoms with van der Waals surface area (Å²) in [5.74, 6) is -0.825. The minimum atomic E-state index is -4.63. The van der Waals surface area contributed by atoms with Gasteiger partial charge in [0.15, 0.2) is 11.5 Å². The van der Waals surface area contributed by atoms with Crippen LogP contribution in [0.5, 0.6) is 0 Å². The van der Waals surface area contributed by atoms with Gasteiger partial charge in [-0.2, -0.15) is 13.2 Å². The van der Waals surface area contributed by atoms with E-state index in [1.54, 1.807) is 36.4 Å². The molecule has 0 aliphatic carbocycles. The first-order chi connectivity index (χ1) is 13.8. The van der Waals surface area contributed by atoms with Gasteiger partial charge in [0.2, 0.25) is 5.82 Å². The van der Waals surface area contributed by atoms with E-state index < -0.39 is 23.9 Å². The van der Waals surface area contributed by atoms with E-state index in [2.05, 4.69) is 15.4 Å². The zero-order chi connectivity index (χ0) is 20.8. The molecule has 7 nitrogen and oxygen atoms in total. The minimum absolute atomic E-state index is 0.0489. The van der Waals surface area contributed by atoms with Crippen molar-refractivity contribution in [1.82, 2.24) is 24.8 Å². The van der Waals surface area contributed by atoms with Crippen LogP contribution in [0.2, 0.25) is 0 Å². The zero-order valence-corrected chi connectivity index (χ0v) is 15.7. The van der Waals surface area contributed by atoms with Crippen molar-refractivity contribution in [3.8, 4) is 0 Å². The number of hydrogen-bond donors (Lipinski definition) is 0. The lowest BCUT2D eigenvalue weighted by Gasteiger charge is -2.35. The van der Waals surface area contributed by atoms with Crippen molar-refractivity contribution in [3.63, 3.8) is 0 Å².